The maximum absolute atomic E-state index is 4.13. The first-order valence-electron chi connectivity index (χ1n) is 5.95. The van der Waals surface area contributed by atoms with Crippen molar-refractivity contribution in [3.8, 4) is 0 Å². The number of aromatic nitrogens is 2. The summed E-state index contributed by atoms with van der Waals surface area (Å²) < 4.78 is 0. The van der Waals surface area contributed by atoms with E-state index in [4.69, 9.17) is 0 Å². The molecule has 1 aliphatic carbocycles. The van der Waals surface area contributed by atoms with Crippen LogP contribution in [0.3, 0.4) is 0 Å². The van der Waals surface area contributed by atoms with E-state index in [1.54, 1.807) is 0 Å². The lowest BCUT2D eigenvalue weighted by Gasteiger charge is -2.04. The van der Waals surface area contributed by atoms with Crippen molar-refractivity contribution < 1.29 is 0 Å². The highest BCUT2D eigenvalue weighted by Gasteiger charge is 2.38. The fraction of sp³-hybridized carbons (Fsp3) is 0.286. The van der Waals surface area contributed by atoms with Crippen LogP contribution >= 0.6 is 0 Å². The molecule has 2 aromatic rings. The third-order valence-corrected chi connectivity index (χ3v) is 3.15. The van der Waals surface area contributed by atoms with Crippen molar-refractivity contribution in [3.63, 3.8) is 0 Å². The summed E-state index contributed by atoms with van der Waals surface area (Å²) in [6, 6.07) is 15.1. The number of benzene rings is 1. The number of aryl methyl sites for hydroxylation is 1. The molecule has 86 valence electrons. The Morgan fingerprint density at radius 1 is 1.06 bits per heavy atom. The summed E-state index contributed by atoms with van der Waals surface area (Å²) in [5, 5.41) is 11.6. The number of anilines is 1. The zero-order valence-electron chi connectivity index (χ0n) is 9.80. The molecule has 0 bridgehead atoms. The molecule has 1 fully saturated rings. The van der Waals surface area contributed by atoms with Gasteiger partial charge in [-0.3, -0.25) is 0 Å². The Morgan fingerprint density at radius 3 is 2.59 bits per heavy atom. The molecule has 2 atom stereocenters. The van der Waals surface area contributed by atoms with Gasteiger partial charge in [-0.25, -0.2) is 0 Å². The van der Waals surface area contributed by atoms with Crippen LogP contribution in [0.4, 0.5) is 5.82 Å². The van der Waals surface area contributed by atoms with Crippen LogP contribution in [-0.2, 0) is 0 Å². The van der Waals surface area contributed by atoms with Crippen LogP contribution in [0.15, 0.2) is 42.5 Å². The lowest BCUT2D eigenvalue weighted by Crippen LogP contribution is -2.06. The van der Waals surface area contributed by atoms with E-state index in [1.165, 1.54) is 12.0 Å². The second-order valence-corrected chi connectivity index (χ2v) is 4.56. The molecule has 1 aliphatic rings. The van der Waals surface area contributed by atoms with Crippen molar-refractivity contribution in [2.45, 2.75) is 25.3 Å². The first kappa shape index (κ1) is 10.3. The van der Waals surface area contributed by atoms with Gasteiger partial charge in [0.15, 0.2) is 0 Å². The van der Waals surface area contributed by atoms with Gasteiger partial charge in [0.05, 0.1) is 5.69 Å². The van der Waals surface area contributed by atoms with Gasteiger partial charge < -0.3 is 5.32 Å². The molecule has 17 heavy (non-hydrogen) atoms. The lowest BCUT2D eigenvalue weighted by molar-refractivity contribution is 0.950. The molecule has 1 aromatic heterocycles. The molecule has 1 N–H and O–H groups in total. The smallest absolute Gasteiger partial charge is 0.148 e. The summed E-state index contributed by atoms with van der Waals surface area (Å²) in [4.78, 5) is 0. The van der Waals surface area contributed by atoms with Crippen LogP contribution < -0.4 is 5.32 Å². The van der Waals surface area contributed by atoms with Gasteiger partial charge in [0.2, 0.25) is 0 Å². The number of rotatable bonds is 3. The van der Waals surface area contributed by atoms with Crippen molar-refractivity contribution in [1.82, 2.24) is 10.2 Å². The second-order valence-electron chi connectivity index (χ2n) is 4.56. The summed E-state index contributed by atoms with van der Waals surface area (Å²) in [5.74, 6) is 1.50. The van der Waals surface area contributed by atoms with Gasteiger partial charge in [0.1, 0.15) is 5.82 Å². The minimum atomic E-state index is 0.509. The zero-order chi connectivity index (χ0) is 11.7. The van der Waals surface area contributed by atoms with Crippen LogP contribution in [-0.4, -0.2) is 16.2 Å². The first-order chi connectivity index (χ1) is 8.33. The van der Waals surface area contributed by atoms with E-state index in [-0.39, 0.29) is 0 Å². The van der Waals surface area contributed by atoms with Gasteiger partial charge in [0, 0.05) is 12.0 Å². The Hall–Kier alpha value is -1.90. The minimum Gasteiger partial charge on any atom is -0.365 e. The predicted molar refractivity (Wildman–Crippen MR) is 68.0 cm³/mol. The van der Waals surface area contributed by atoms with E-state index in [9.17, 15) is 0 Å². The maximum atomic E-state index is 4.13. The average Bonchev–Trinajstić information content (AvgIpc) is 3.13. The van der Waals surface area contributed by atoms with E-state index >= 15 is 0 Å². The Labute approximate surface area is 101 Å². The van der Waals surface area contributed by atoms with Gasteiger partial charge >= 0.3 is 0 Å². The largest absolute Gasteiger partial charge is 0.365 e. The fourth-order valence-electron chi connectivity index (χ4n) is 2.09. The van der Waals surface area contributed by atoms with Crippen LogP contribution in [0, 0.1) is 6.92 Å². The number of nitrogens with zero attached hydrogens (tertiary/aromatic N) is 2. The van der Waals surface area contributed by atoms with E-state index in [1.807, 2.05) is 19.1 Å². The van der Waals surface area contributed by atoms with Crippen molar-refractivity contribution in [2.75, 3.05) is 5.32 Å². The molecule has 3 heteroatoms. The second kappa shape index (κ2) is 4.17. The van der Waals surface area contributed by atoms with E-state index in [0.717, 1.165) is 11.5 Å². The lowest BCUT2D eigenvalue weighted by atomic mass is 10.1. The van der Waals surface area contributed by atoms with Crippen molar-refractivity contribution in [1.29, 1.82) is 0 Å². The Bertz CT molecular complexity index is 493. The van der Waals surface area contributed by atoms with Gasteiger partial charge in [-0.2, -0.15) is 5.10 Å². The van der Waals surface area contributed by atoms with E-state index in [0.29, 0.717) is 12.0 Å². The topological polar surface area (TPSA) is 37.8 Å². The van der Waals surface area contributed by atoms with Gasteiger partial charge in [-0.15, -0.1) is 5.10 Å². The number of hydrogen-bond acceptors (Lipinski definition) is 3. The van der Waals surface area contributed by atoms with Crippen molar-refractivity contribution in [3.05, 3.63) is 53.7 Å². The highest BCUT2D eigenvalue weighted by molar-refractivity contribution is 5.40. The number of nitrogens with one attached hydrogen (secondary N) is 1. The highest BCUT2D eigenvalue weighted by Crippen LogP contribution is 2.42. The van der Waals surface area contributed by atoms with Gasteiger partial charge in [-0.1, -0.05) is 30.3 Å². The van der Waals surface area contributed by atoms with Crippen LogP contribution in [0.2, 0.25) is 0 Å². The highest BCUT2D eigenvalue weighted by atomic mass is 15.2. The molecule has 1 aromatic carbocycles. The Morgan fingerprint density at radius 2 is 1.88 bits per heavy atom. The van der Waals surface area contributed by atoms with E-state index < -0.39 is 0 Å². The summed E-state index contributed by atoms with van der Waals surface area (Å²) in [6.07, 6.45) is 1.18. The van der Waals surface area contributed by atoms with E-state index in [2.05, 4.69) is 45.8 Å². The molecule has 3 nitrogen and oxygen atoms in total. The molecule has 3 rings (SSSR count). The SMILES string of the molecule is Cc1ccc(NC2CC2c2ccccc2)nn1. The number of hydrogen-bond donors (Lipinski definition) is 1. The fourth-order valence-corrected chi connectivity index (χ4v) is 2.09. The van der Waals surface area contributed by atoms with Gasteiger partial charge in [0.25, 0.3) is 0 Å². The molecule has 0 amide bonds. The molecule has 0 saturated heterocycles. The summed E-state index contributed by atoms with van der Waals surface area (Å²) in [7, 11) is 0. The molecular weight excluding hydrogens is 210 g/mol. The summed E-state index contributed by atoms with van der Waals surface area (Å²) >= 11 is 0. The average molecular weight is 225 g/mol. The summed E-state index contributed by atoms with van der Waals surface area (Å²) in [5.41, 5.74) is 2.36. The maximum Gasteiger partial charge on any atom is 0.148 e. The van der Waals surface area contributed by atoms with Crippen LogP contribution in [0.25, 0.3) is 0 Å². The summed E-state index contributed by atoms with van der Waals surface area (Å²) in [6.45, 7) is 1.95. The standard InChI is InChI=1S/C14H15N3/c1-10-7-8-14(17-16-10)15-13-9-12(13)11-5-3-2-4-6-11/h2-8,12-13H,9H2,1H3,(H,15,17). The Kier molecular flexibility index (Phi) is 2.52. The molecule has 0 aliphatic heterocycles. The first-order valence-corrected chi connectivity index (χ1v) is 5.95. The predicted octanol–water partition coefficient (Wildman–Crippen LogP) is 2.75. The molecule has 1 saturated carbocycles. The Balaban J connectivity index is 1.64. The molecule has 2 unspecified atom stereocenters. The molecule has 1 heterocycles. The third-order valence-electron chi connectivity index (χ3n) is 3.15. The molecule has 0 spiro atoms. The van der Waals surface area contributed by atoms with Crippen molar-refractivity contribution >= 4 is 5.82 Å². The molecule has 0 radical (unpaired) electrons. The van der Waals surface area contributed by atoms with Gasteiger partial charge in [-0.05, 0) is 31.0 Å². The van der Waals surface area contributed by atoms with Crippen molar-refractivity contribution in [2.24, 2.45) is 0 Å². The minimum absolute atomic E-state index is 0.509. The monoisotopic (exact) mass is 225 g/mol. The third kappa shape index (κ3) is 2.28. The van der Waals surface area contributed by atoms with Crippen LogP contribution in [0.5, 0.6) is 0 Å². The zero-order valence-corrected chi connectivity index (χ0v) is 9.80. The molecular formula is C14H15N3. The quantitative estimate of drug-likeness (QED) is 0.872. The normalized spacial score (nSPS) is 22.2. The van der Waals surface area contributed by atoms with Crippen LogP contribution in [0.1, 0.15) is 23.6 Å².